The van der Waals surface area contributed by atoms with Crippen molar-refractivity contribution in [3.8, 4) is 11.6 Å². The monoisotopic (exact) mass is 230 g/mol. The highest BCUT2D eigenvalue weighted by Gasteiger charge is 2.05. The molecule has 86 valence electrons. The maximum Gasteiger partial charge on any atom is 0.335 e. The Hall–Kier alpha value is -2.43. The Balaban J connectivity index is 2.24. The summed E-state index contributed by atoms with van der Waals surface area (Å²) in [6.07, 6.45) is 1.61. The molecule has 5 heteroatoms. The maximum absolute atomic E-state index is 10.8. The van der Waals surface area contributed by atoms with Crippen LogP contribution in [0.2, 0.25) is 0 Å². The zero-order valence-corrected chi connectivity index (χ0v) is 9.12. The highest BCUT2D eigenvalue weighted by atomic mass is 16.5. The molecule has 0 spiro atoms. The molecule has 1 N–H and O–H groups in total. The topological polar surface area (TPSA) is 72.3 Å². The van der Waals surface area contributed by atoms with E-state index in [1.807, 2.05) is 6.92 Å². The summed E-state index contributed by atoms with van der Waals surface area (Å²) < 4.78 is 5.41. The zero-order valence-electron chi connectivity index (χ0n) is 9.12. The lowest BCUT2D eigenvalue weighted by molar-refractivity contribution is 0.0696. The maximum atomic E-state index is 10.8. The van der Waals surface area contributed by atoms with Gasteiger partial charge in [0.05, 0.1) is 11.8 Å². The average Bonchev–Trinajstić information content (AvgIpc) is 2.29. The number of rotatable bonds is 3. The number of carboxylic acids is 1. The van der Waals surface area contributed by atoms with Crippen molar-refractivity contribution in [2.75, 3.05) is 0 Å². The number of benzene rings is 1. The molecule has 0 saturated heterocycles. The lowest BCUT2D eigenvalue weighted by atomic mass is 10.2. The molecule has 0 aliphatic carbocycles. The van der Waals surface area contributed by atoms with Crippen LogP contribution in [0.1, 0.15) is 15.9 Å². The van der Waals surface area contributed by atoms with Crippen LogP contribution in [0.15, 0.2) is 36.5 Å². The molecule has 2 aromatic rings. The van der Waals surface area contributed by atoms with Crippen LogP contribution in [0.3, 0.4) is 0 Å². The van der Waals surface area contributed by atoms with Gasteiger partial charge in [0.2, 0.25) is 5.88 Å². The molecule has 0 bridgehead atoms. The van der Waals surface area contributed by atoms with E-state index in [0.717, 1.165) is 5.56 Å². The van der Waals surface area contributed by atoms with Gasteiger partial charge in [0.1, 0.15) is 5.75 Å². The van der Waals surface area contributed by atoms with E-state index in [1.165, 1.54) is 12.1 Å². The van der Waals surface area contributed by atoms with Gasteiger partial charge in [0.15, 0.2) is 0 Å². The summed E-state index contributed by atoms with van der Waals surface area (Å²) in [5.74, 6) is -0.233. The molecule has 1 aromatic heterocycles. The normalized spacial score (nSPS) is 9.94. The van der Waals surface area contributed by atoms with Gasteiger partial charge in [-0.15, -0.1) is 5.10 Å². The molecular weight excluding hydrogens is 220 g/mol. The number of aromatic carboxylic acids is 1. The van der Waals surface area contributed by atoms with Crippen LogP contribution in [0.5, 0.6) is 11.6 Å². The Kier molecular flexibility index (Phi) is 3.00. The summed E-state index contributed by atoms with van der Waals surface area (Å²) in [6, 6.07) is 7.93. The average molecular weight is 230 g/mol. The first-order valence-corrected chi connectivity index (χ1v) is 4.96. The van der Waals surface area contributed by atoms with E-state index in [2.05, 4.69) is 10.2 Å². The number of ether oxygens (including phenoxy) is 1. The van der Waals surface area contributed by atoms with Crippen molar-refractivity contribution in [3.05, 3.63) is 47.7 Å². The summed E-state index contributed by atoms with van der Waals surface area (Å²) in [5, 5.41) is 16.4. The number of hydrogen-bond acceptors (Lipinski definition) is 4. The van der Waals surface area contributed by atoms with Crippen LogP contribution in [0.4, 0.5) is 0 Å². The Labute approximate surface area is 97.7 Å². The highest BCUT2D eigenvalue weighted by Crippen LogP contribution is 2.20. The Bertz CT molecular complexity index is 555. The van der Waals surface area contributed by atoms with Gasteiger partial charge in [0.25, 0.3) is 0 Å². The predicted molar refractivity (Wildman–Crippen MR) is 60.2 cm³/mol. The molecule has 0 unspecified atom stereocenters. The molecule has 2 rings (SSSR count). The van der Waals surface area contributed by atoms with E-state index in [-0.39, 0.29) is 5.56 Å². The van der Waals surface area contributed by atoms with Crippen molar-refractivity contribution in [1.82, 2.24) is 10.2 Å². The molecule has 0 fully saturated rings. The van der Waals surface area contributed by atoms with Crippen molar-refractivity contribution in [2.45, 2.75) is 6.92 Å². The summed E-state index contributed by atoms with van der Waals surface area (Å²) in [7, 11) is 0. The van der Waals surface area contributed by atoms with Gasteiger partial charge < -0.3 is 9.84 Å². The highest BCUT2D eigenvalue weighted by molar-refractivity contribution is 5.88. The van der Waals surface area contributed by atoms with Crippen molar-refractivity contribution in [2.24, 2.45) is 0 Å². The van der Waals surface area contributed by atoms with Crippen molar-refractivity contribution >= 4 is 5.97 Å². The van der Waals surface area contributed by atoms with Gasteiger partial charge in [-0.3, -0.25) is 0 Å². The second-order valence-corrected chi connectivity index (χ2v) is 3.51. The van der Waals surface area contributed by atoms with E-state index in [4.69, 9.17) is 9.84 Å². The molecule has 5 nitrogen and oxygen atoms in total. The Morgan fingerprint density at radius 2 is 2.18 bits per heavy atom. The quantitative estimate of drug-likeness (QED) is 0.875. The van der Waals surface area contributed by atoms with E-state index >= 15 is 0 Å². The third-order valence-electron chi connectivity index (χ3n) is 2.07. The number of carbonyl (C=O) groups is 1. The molecule has 0 atom stereocenters. The van der Waals surface area contributed by atoms with Crippen LogP contribution in [0.25, 0.3) is 0 Å². The standard InChI is InChI=1S/C12H10N2O3/c1-8-5-11(14-13-7-8)17-10-4-2-3-9(6-10)12(15)16/h2-7H,1H3,(H,15,16). The minimum Gasteiger partial charge on any atom is -0.478 e. The lowest BCUT2D eigenvalue weighted by Gasteiger charge is -2.04. The van der Waals surface area contributed by atoms with Crippen LogP contribution in [0, 0.1) is 6.92 Å². The number of aromatic nitrogens is 2. The van der Waals surface area contributed by atoms with Gasteiger partial charge in [-0.25, -0.2) is 4.79 Å². The molecule has 17 heavy (non-hydrogen) atoms. The van der Waals surface area contributed by atoms with E-state index in [1.54, 1.807) is 24.4 Å². The van der Waals surface area contributed by atoms with Crippen molar-refractivity contribution < 1.29 is 14.6 Å². The first kappa shape index (κ1) is 11.1. The second kappa shape index (κ2) is 4.61. The van der Waals surface area contributed by atoms with Gasteiger partial charge in [0, 0.05) is 6.07 Å². The lowest BCUT2D eigenvalue weighted by Crippen LogP contribution is -1.97. The molecule has 0 amide bonds. The zero-order chi connectivity index (χ0) is 12.3. The SMILES string of the molecule is Cc1cnnc(Oc2cccc(C(=O)O)c2)c1. The molecular formula is C12H10N2O3. The fourth-order valence-electron chi connectivity index (χ4n) is 1.30. The largest absolute Gasteiger partial charge is 0.478 e. The Morgan fingerprint density at radius 1 is 1.35 bits per heavy atom. The first-order valence-electron chi connectivity index (χ1n) is 4.96. The first-order chi connectivity index (χ1) is 8.15. The van der Waals surface area contributed by atoms with Crippen LogP contribution in [-0.4, -0.2) is 21.3 Å². The molecule has 1 heterocycles. The number of hydrogen-bond donors (Lipinski definition) is 1. The molecule has 0 saturated carbocycles. The molecule has 0 radical (unpaired) electrons. The van der Waals surface area contributed by atoms with Gasteiger partial charge >= 0.3 is 5.97 Å². The summed E-state index contributed by atoms with van der Waals surface area (Å²) in [4.78, 5) is 10.8. The van der Waals surface area contributed by atoms with Crippen molar-refractivity contribution in [1.29, 1.82) is 0 Å². The molecule has 0 aliphatic heterocycles. The predicted octanol–water partition coefficient (Wildman–Crippen LogP) is 2.28. The Morgan fingerprint density at radius 3 is 2.88 bits per heavy atom. The van der Waals surface area contributed by atoms with Crippen molar-refractivity contribution in [3.63, 3.8) is 0 Å². The number of nitrogens with zero attached hydrogens (tertiary/aromatic N) is 2. The van der Waals surface area contributed by atoms with Gasteiger partial charge in [-0.05, 0) is 30.7 Å². The van der Waals surface area contributed by atoms with E-state index < -0.39 is 5.97 Å². The van der Waals surface area contributed by atoms with Crippen LogP contribution < -0.4 is 4.74 Å². The minimum absolute atomic E-state index is 0.170. The number of carboxylic acid groups (broad SMARTS) is 1. The van der Waals surface area contributed by atoms with Gasteiger partial charge in [-0.1, -0.05) is 6.07 Å². The molecule has 1 aromatic carbocycles. The summed E-state index contributed by atoms with van der Waals surface area (Å²) in [5.41, 5.74) is 1.09. The summed E-state index contributed by atoms with van der Waals surface area (Å²) in [6.45, 7) is 1.87. The third kappa shape index (κ3) is 2.78. The smallest absolute Gasteiger partial charge is 0.335 e. The summed E-state index contributed by atoms with van der Waals surface area (Å²) >= 11 is 0. The van der Waals surface area contributed by atoms with E-state index in [0.29, 0.717) is 11.6 Å². The van der Waals surface area contributed by atoms with Gasteiger partial charge in [-0.2, -0.15) is 5.10 Å². The fraction of sp³-hybridized carbons (Fsp3) is 0.0833. The van der Waals surface area contributed by atoms with Crippen LogP contribution >= 0.6 is 0 Å². The number of aryl methyl sites for hydroxylation is 1. The molecule has 0 aliphatic rings. The fourth-order valence-corrected chi connectivity index (χ4v) is 1.30. The minimum atomic E-state index is -0.995. The van der Waals surface area contributed by atoms with Crippen LogP contribution in [-0.2, 0) is 0 Å². The van der Waals surface area contributed by atoms with E-state index in [9.17, 15) is 4.79 Å². The third-order valence-corrected chi connectivity index (χ3v) is 2.07. The second-order valence-electron chi connectivity index (χ2n) is 3.51.